The molecule has 2 heterocycles. The molecule has 0 aliphatic rings. The number of para-hydroxylation sites is 2. The summed E-state index contributed by atoms with van der Waals surface area (Å²) in [5, 5.41) is 11.4. The largest absolute Gasteiger partial charge is 0.345 e. The molecule has 2 aromatic heterocycles. The molecule has 0 fully saturated rings. The van der Waals surface area contributed by atoms with Crippen molar-refractivity contribution in [3.63, 3.8) is 0 Å². The summed E-state index contributed by atoms with van der Waals surface area (Å²) >= 11 is 0. The maximum Gasteiger partial charge on any atom is 0.278 e. The number of nitrogens with one attached hydrogen (secondary N) is 1. The molecular formula is C22H24N6O2. The quantitative estimate of drug-likeness (QED) is 0.533. The zero-order valence-corrected chi connectivity index (χ0v) is 17.2. The van der Waals surface area contributed by atoms with Crippen LogP contribution in [0.4, 0.5) is 0 Å². The summed E-state index contributed by atoms with van der Waals surface area (Å²) in [6, 6.07) is 14.6. The monoisotopic (exact) mass is 404 g/mol. The molecule has 4 aromatic rings. The van der Waals surface area contributed by atoms with Crippen molar-refractivity contribution in [3.8, 4) is 0 Å². The molecule has 4 rings (SSSR count). The number of nitrogens with zero attached hydrogens (tertiary/aromatic N) is 5. The van der Waals surface area contributed by atoms with E-state index >= 15 is 0 Å². The van der Waals surface area contributed by atoms with E-state index in [1.54, 1.807) is 24.3 Å². The number of imidazole rings is 1. The van der Waals surface area contributed by atoms with Crippen LogP contribution < -0.4 is 10.9 Å². The Balaban J connectivity index is 1.60. The van der Waals surface area contributed by atoms with Crippen molar-refractivity contribution in [2.24, 2.45) is 13.0 Å². The third kappa shape index (κ3) is 3.80. The van der Waals surface area contributed by atoms with E-state index in [0.717, 1.165) is 28.0 Å². The Hall–Kier alpha value is -3.55. The van der Waals surface area contributed by atoms with Crippen LogP contribution in [0.15, 0.2) is 53.3 Å². The molecule has 1 N–H and O–H groups in total. The van der Waals surface area contributed by atoms with E-state index in [1.807, 2.05) is 35.9 Å². The minimum absolute atomic E-state index is 0.199. The standard InChI is InChI=1S/C22H24N6O2/c1-14(2)12-18(21-24-17-10-6-7-11-19(17)27(21)3)23-20(29)13-28-22(30)15-8-4-5-9-16(15)25-26-28/h4-11,14,18H,12-13H2,1-3H3,(H,23,29)/t18-/m1/s1. The summed E-state index contributed by atoms with van der Waals surface area (Å²) in [6.07, 6.45) is 0.723. The van der Waals surface area contributed by atoms with Gasteiger partial charge in [0.05, 0.1) is 22.5 Å². The number of hydrogen-bond donors (Lipinski definition) is 1. The highest BCUT2D eigenvalue weighted by Crippen LogP contribution is 2.24. The summed E-state index contributed by atoms with van der Waals surface area (Å²) in [6.45, 7) is 4.00. The highest BCUT2D eigenvalue weighted by atomic mass is 16.2. The molecule has 0 radical (unpaired) electrons. The maximum atomic E-state index is 12.8. The van der Waals surface area contributed by atoms with E-state index in [4.69, 9.17) is 4.98 Å². The minimum Gasteiger partial charge on any atom is -0.345 e. The number of fused-ring (bicyclic) bond motifs is 2. The van der Waals surface area contributed by atoms with Crippen LogP contribution in [0, 0.1) is 5.92 Å². The fraction of sp³-hybridized carbons (Fsp3) is 0.318. The van der Waals surface area contributed by atoms with E-state index in [0.29, 0.717) is 16.8 Å². The molecule has 1 amide bonds. The summed E-state index contributed by atoms with van der Waals surface area (Å²) in [5.41, 5.74) is 2.07. The van der Waals surface area contributed by atoms with Gasteiger partial charge in [-0.3, -0.25) is 9.59 Å². The van der Waals surface area contributed by atoms with E-state index < -0.39 is 0 Å². The van der Waals surface area contributed by atoms with Gasteiger partial charge < -0.3 is 9.88 Å². The predicted octanol–water partition coefficient (Wildman–Crippen LogP) is 2.58. The second-order valence-corrected chi connectivity index (χ2v) is 7.84. The fourth-order valence-corrected chi connectivity index (χ4v) is 3.68. The number of rotatable bonds is 6. The van der Waals surface area contributed by atoms with Crippen LogP contribution in [0.1, 0.15) is 32.1 Å². The highest BCUT2D eigenvalue weighted by molar-refractivity contribution is 5.79. The zero-order valence-electron chi connectivity index (χ0n) is 17.2. The number of aromatic nitrogens is 5. The van der Waals surface area contributed by atoms with Crippen molar-refractivity contribution in [1.82, 2.24) is 29.9 Å². The number of carbonyl (C=O) groups is 1. The van der Waals surface area contributed by atoms with Crippen LogP contribution in [0.5, 0.6) is 0 Å². The molecule has 154 valence electrons. The van der Waals surface area contributed by atoms with Crippen LogP contribution >= 0.6 is 0 Å². The van der Waals surface area contributed by atoms with Crippen molar-refractivity contribution < 1.29 is 4.79 Å². The second kappa shape index (κ2) is 8.06. The van der Waals surface area contributed by atoms with Gasteiger partial charge in [0.25, 0.3) is 5.56 Å². The van der Waals surface area contributed by atoms with Crippen molar-refractivity contribution in [2.75, 3.05) is 0 Å². The third-order valence-corrected chi connectivity index (χ3v) is 5.10. The Bertz CT molecular complexity index is 1270. The molecule has 30 heavy (non-hydrogen) atoms. The molecule has 8 nitrogen and oxygen atoms in total. The molecule has 0 saturated carbocycles. The van der Waals surface area contributed by atoms with Gasteiger partial charge in [-0.1, -0.05) is 43.3 Å². The summed E-state index contributed by atoms with van der Waals surface area (Å²) in [7, 11) is 1.95. The lowest BCUT2D eigenvalue weighted by atomic mass is 10.0. The van der Waals surface area contributed by atoms with Crippen molar-refractivity contribution in [3.05, 3.63) is 64.7 Å². The second-order valence-electron chi connectivity index (χ2n) is 7.84. The molecule has 0 saturated heterocycles. The Morgan fingerprint density at radius 2 is 1.77 bits per heavy atom. The summed E-state index contributed by atoms with van der Waals surface area (Å²) in [4.78, 5) is 30.2. The molecule has 0 spiro atoms. The summed E-state index contributed by atoms with van der Waals surface area (Å²) in [5.74, 6) is 0.827. The third-order valence-electron chi connectivity index (χ3n) is 5.10. The van der Waals surface area contributed by atoms with Gasteiger partial charge in [0, 0.05) is 7.05 Å². The molecule has 8 heteroatoms. The smallest absolute Gasteiger partial charge is 0.278 e. The van der Waals surface area contributed by atoms with Gasteiger partial charge >= 0.3 is 0 Å². The van der Waals surface area contributed by atoms with Crippen LogP contribution in [-0.4, -0.2) is 30.5 Å². The zero-order chi connectivity index (χ0) is 21.3. The van der Waals surface area contributed by atoms with E-state index in [2.05, 4.69) is 29.5 Å². The van der Waals surface area contributed by atoms with Crippen LogP contribution in [0.25, 0.3) is 21.9 Å². The van der Waals surface area contributed by atoms with Gasteiger partial charge in [-0.05, 0) is 36.6 Å². The van der Waals surface area contributed by atoms with E-state index in [-0.39, 0.29) is 24.1 Å². The van der Waals surface area contributed by atoms with E-state index in [9.17, 15) is 9.59 Å². The van der Waals surface area contributed by atoms with Crippen LogP contribution in [0.3, 0.4) is 0 Å². The molecule has 1 atom stereocenters. The van der Waals surface area contributed by atoms with Crippen LogP contribution in [-0.2, 0) is 18.4 Å². The Kier molecular flexibility index (Phi) is 5.31. The molecule has 2 aromatic carbocycles. The fourth-order valence-electron chi connectivity index (χ4n) is 3.68. The normalized spacial score (nSPS) is 12.5. The minimum atomic E-state index is -0.334. The lowest BCUT2D eigenvalue weighted by Crippen LogP contribution is -2.37. The number of aryl methyl sites for hydroxylation is 1. The Morgan fingerprint density at radius 1 is 1.07 bits per heavy atom. The van der Waals surface area contributed by atoms with Gasteiger partial charge in [0.2, 0.25) is 5.91 Å². The van der Waals surface area contributed by atoms with Gasteiger partial charge in [-0.25, -0.2) is 9.67 Å². The van der Waals surface area contributed by atoms with Gasteiger partial charge in [-0.2, -0.15) is 0 Å². The van der Waals surface area contributed by atoms with Crippen molar-refractivity contribution >= 4 is 27.8 Å². The van der Waals surface area contributed by atoms with Crippen molar-refractivity contribution in [2.45, 2.75) is 32.9 Å². The average molecular weight is 404 g/mol. The SMILES string of the molecule is CC(C)C[C@@H](NC(=O)Cn1nnc2ccccc2c1=O)c1nc2ccccc2n1C. The predicted molar refractivity (Wildman–Crippen MR) is 115 cm³/mol. The summed E-state index contributed by atoms with van der Waals surface area (Å²) < 4.78 is 3.10. The van der Waals surface area contributed by atoms with Gasteiger partial charge in [0.15, 0.2) is 0 Å². The molecule has 0 aliphatic carbocycles. The lowest BCUT2D eigenvalue weighted by molar-refractivity contribution is -0.122. The van der Waals surface area contributed by atoms with Gasteiger partial charge in [-0.15, -0.1) is 5.10 Å². The van der Waals surface area contributed by atoms with Crippen LogP contribution in [0.2, 0.25) is 0 Å². The topological polar surface area (TPSA) is 94.7 Å². The first-order valence-corrected chi connectivity index (χ1v) is 9.97. The Labute approximate surface area is 173 Å². The number of hydrogen-bond acceptors (Lipinski definition) is 5. The molecular weight excluding hydrogens is 380 g/mol. The average Bonchev–Trinajstić information content (AvgIpc) is 3.06. The van der Waals surface area contributed by atoms with Crippen molar-refractivity contribution in [1.29, 1.82) is 0 Å². The molecule has 0 unspecified atom stereocenters. The molecule has 0 aliphatic heterocycles. The number of amides is 1. The lowest BCUT2D eigenvalue weighted by Gasteiger charge is -2.20. The number of benzene rings is 2. The first-order chi connectivity index (χ1) is 14.4. The highest BCUT2D eigenvalue weighted by Gasteiger charge is 2.22. The maximum absolute atomic E-state index is 12.8. The number of carbonyl (C=O) groups excluding carboxylic acids is 1. The first kappa shape index (κ1) is 19.8. The van der Waals surface area contributed by atoms with E-state index in [1.165, 1.54) is 0 Å². The van der Waals surface area contributed by atoms with Gasteiger partial charge in [0.1, 0.15) is 17.9 Å². The first-order valence-electron chi connectivity index (χ1n) is 9.97. The Morgan fingerprint density at radius 3 is 2.50 bits per heavy atom. The molecule has 0 bridgehead atoms.